The van der Waals surface area contributed by atoms with Gasteiger partial charge in [0.15, 0.2) is 0 Å². The molecule has 2 N–H and O–H groups in total. The van der Waals surface area contributed by atoms with Crippen molar-refractivity contribution in [1.82, 2.24) is 4.31 Å². The minimum absolute atomic E-state index is 0. The first-order valence-electron chi connectivity index (χ1n) is 6.00. The summed E-state index contributed by atoms with van der Waals surface area (Å²) in [6.07, 6.45) is 2.35. The zero-order valence-corrected chi connectivity index (χ0v) is 13.0. The molecule has 6 heteroatoms. The quantitative estimate of drug-likeness (QED) is 0.741. The number of hydrogen-bond acceptors (Lipinski definition) is 3. The van der Waals surface area contributed by atoms with Crippen LogP contribution in [0.25, 0.3) is 0 Å². The molecule has 0 heterocycles. The molecule has 17 heavy (non-hydrogen) atoms. The molecule has 0 spiro atoms. The lowest BCUT2D eigenvalue weighted by Crippen LogP contribution is -2.35. The summed E-state index contributed by atoms with van der Waals surface area (Å²) in [5, 5.41) is 0. The number of unbranched alkanes of at least 4 members (excludes halogenated alkanes) is 1. The molecule has 0 aliphatic rings. The molecule has 0 aromatic heterocycles. The smallest absolute Gasteiger partial charge is 0.213 e. The fourth-order valence-electron chi connectivity index (χ4n) is 1.29. The van der Waals surface area contributed by atoms with Crippen LogP contribution in [0.1, 0.15) is 40.0 Å². The second kappa shape index (κ2) is 9.14. The van der Waals surface area contributed by atoms with Gasteiger partial charge in [-0.05, 0) is 18.8 Å². The van der Waals surface area contributed by atoms with Crippen LogP contribution in [0, 0.1) is 5.92 Å². The van der Waals surface area contributed by atoms with E-state index in [-0.39, 0.29) is 24.2 Å². The molecular formula is C11H27ClN2O2S. The summed E-state index contributed by atoms with van der Waals surface area (Å²) < 4.78 is 24.9. The zero-order chi connectivity index (χ0) is 12.8. The van der Waals surface area contributed by atoms with Crippen molar-refractivity contribution in [3.63, 3.8) is 0 Å². The van der Waals surface area contributed by atoms with E-state index in [2.05, 4.69) is 13.8 Å². The van der Waals surface area contributed by atoms with E-state index in [9.17, 15) is 8.42 Å². The van der Waals surface area contributed by atoms with Gasteiger partial charge < -0.3 is 5.73 Å². The van der Waals surface area contributed by atoms with Crippen LogP contribution in [0.5, 0.6) is 0 Å². The van der Waals surface area contributed by atoms with E-state index in [1.807, 2.05) is 6.92 Å². The van der Waals surface area contributed by atoms with Crippen LogP contribution in [0.3, 0.4) is 0 Å². The predicted molar refractivity (Wildman–Crippen MR) is 76.0 cm³/mol. The third kappa shape index (κ3) is 7.97. The molecule has 0 saturated heterocycles. The summed E-state index contributed by atoms with van der Waals surface area (Å²) in [5.74, 6) is 0.642. The van der Waals surface area contributed by atoms with Crippen molar-refractivity contribution < 1.29 is 8.42 Å². The normalized spacial score (nSPS) is 13.8. The molecule has 106 valence electrons. The lowest BCUT2D eigenvalue weighted by molar-refractivity contribution is 0.397. The molecule has 4 nitrogen and oxygen atoms in total. The van der Waals surface area contributed by atoms with Gasteiger partial charge in [-0.1, -0.05) is 27.2 Å². The number of sulfonamides is 1. The van der Waals surface area contributed by atoms with Gasteiger partial charge in [-0.2, -0.15) is 0 Å². The van der Waals surface area contributed by atoms with Gasteiger partial charge in [-0.3, -0.25) is 0 Å². The third-order valence-corrected chi connectivity index (χ3v) is 4.80. The van der Waals surface area contributed by atoms with Gasteiger partial charge in [0.1, 0.15) is 0 Å². The van der Waals surface area contributed by atoms with E-state index in [0.717, 1.165) is 19.3 Å². The Bertz CT molecular complexity index is 281. The van der Waals surface area contributed by atoms with Crippen molar-refractivity contribution in [2.24, 2.45) is 11.7 Å². The highest BCUT2D eigenvalue weighted by Crippen LogP contribution is 2.07. The van der Waals surface area contributed by atoms with Crippen molar-refractivity contribution in [2.75, 3.05) is 19.3 Å². The molecule has 1 atom stereocenters. The standard InChI is InChI=1S/C11H26N2O2S.ClH/c1-5-6-9-16(14,15)13(4)8-7-11(12)10(2)3;/h10-11H,5-9,12H2,1-4H3;1H. The number of nitrogens with two attached hydrogens (primary N) is 1. The monoisotopic (exact) mass is 286 g/mol. The van der Waals surface area contributed by atoms with Crippen LogP contribution in [-0.2, 0) is 10.0 Å². The average molecular weight is 287 g/mol. The van der Waals surface area contributed by atoms with Crippen LogP contribution in [0.4, 0.5) is 0 Å². The molecule has 1 unspecified atom stereocenters. The maximum absolute atomic E-state index is 11.8. The maximum atomic E-state index is 11.8. The van der Waals surface area contributed by atoms with Gasteiger partial charge in [0.2, 0.25) is 10.0 Å². The topological polar surface area (TPSA) is 63.4 Å². The van der Waals surface area contributed by atoms with Gasteiger partial charge in [-0.15, -0.1) is 12.4 Å². The summed E-state index contributed by atoms with van der Waals surface area (Å²) in [6.45, 7) is 6.61. The van der Waals surface area contributed by atoms with Crippen LogP contribution in [-0.4, -0.2) is 38.1 Å². The second-order valence-corrected chi connectivity index (χ2v) is 6.88. The fourth-order valence-corrected chi connectivity index (χ4v) is 2.63. The minimum atomic E-state index is -3.07. The number of nitrogens with zero attached hydrogens (tertiary/aromatic N) is 1. The van der Waals surface area contributed by atoms with E-state index in [1.54, 1.807) is 7.05 Å². The SMILES string of the molecule is CCCCS(=O)(=O)N(C)CCC(N)C(C)C.Cl. The zero-order valence-electron chi connectivity index (χ0n) is 11.3. The number of halogens is 1. The Labute approximate surface area is 112 Å². The molecule has 0 rings (SSSR count). The van der Waals surface area contributed by atoms with Crippen molar-refractivity contribution in [3.05, 3.63) is 0 Å². The molecule has 0 aliphatic carbocycles. The van der Waals surface area contributed by atoms with Gasteiger partial charge >= 0.3 is 0 Å². The fraction of sp³-hybridized carbons (Fsp3) is 1.00. The first-order valence-corrected chi connectivity index (χ1v) is 7.61. The predicted octanol–water partition coefficient (Wildman–Crippen LogP) is 1.84. The number of hydrogen-bond donors (Lipinski definition) is 1. The van der Waals surface area contributed by atoms with Gasteiger partial charge in [0, 0.05) is 19.6 Å². The Morgan fingerprint density at radius 1 is 1.29 bits per heavy atom. The summed E-state index contributed by atoms with van der Waals surface area (Å²) in [7, 11) is -1.43. The average Bonchev–Trinajstić information content (AvgIpc) is 2.22. The van der Waals surface area contributed by atoms with Crippen LogP contribution < -0.4 is 5.73 Å². The Hall–Kier alpha value is 0.160. The largest absolute Gasteiger partial charge is 0.327 e. The van der Waals surface area contributed by atoms with Crippen molar-refractivity contribution >= 4 is 22.4 Å². The Morgan fingerprint density at radius 3 is 2.24 bits per heavy atom. The van der Waals surface area contributed by atoms with Gasteiger partial charge in [0.25, 0.3) is 0 Å². The molecular weight excluding hydrogens is 260 g/mol. The highest BCUT2D eigenvalue weighted by Gasteiger charge is 2.18. The molecule has 0 aliphatic heterocycles. The summed E-state index contributed by atoms with van der Waals surface area (Å²) in [4.78, 5) is 0. The van der Waals surface area contributed by atoms with E-state index >= 15 is 0 Å². The third-order valence-electron chi connectivity index (χ3n) is 2.86. The van der Waals surface area contributed by atoms with Crippen molar-refractivity contribution in [1.29, 1.82) is 0 Å². The molecule has 0 bridgehead atoms. The molecule has 0 radical (unpaired) electrons. The molecule has 0 aromatic rings. The van der Waals surface area contributed by atoms with Gasteiger partial charge in [-0.25, -0.2) is 12.7 Å². The summed E-state index contributed by atoms with van der Waals surface area (Å²) >= 11 is 0. The van der Waals surface area contributed by atoms with Crippen LogP contribution in [0.15, 0.2) is 0 Å². The lowest BCUT2D eigenvalue weighted by atomic mass is 10.0. The van der Waals surface area contributed by atoms with E-state index < -0.39 is 10.0 Å². The van der Waals surface area contributed by atoms with Gasteiger partial charge in [0.05, 0.1) is 5.75 Å². The molecule has 0 saturated carbocycles. The number of rotatable bonds is 8. The Kier molecular flexibility index (Phi) is 10.5. The van der Waals surface area contributed by atoms with E-state index in [4.69, 9.17) is 5.73 Å². The van der Waals surface area contributed by atoms with E-state index in [1.165, 1.54) is 4.31 Å². The Morgan fingerprint density at radius 2 is 1.82 bits per heavy atom. The van der Waals surface area contributed by atoms with Crippen LogP contribution >= 0.6 is 12.4 Å². The minimum Gasteiger partial charge on any atom is -0.327 e. The molecule has 0 fully saturated rings. The highest BCUT2D eigenvalue weighted by molar-refractivity contribution is 7.89. The first-order chi connectivity index (χ1) is 7.31. The second-order valence-electron chi connectivity index (χ2n) is 4.69. The van der Waals surface area contributed by atoms with Crippen molar-refractivity contribution in [3.8, 4) is 0 Å². The molecule has 0 aromatic carbocycles. The van der Waals surface area contributed by atoms with Crippen molar-refractivity contribution in [2.45, 2.75) is 46.1 Å². The Balaban J connectivity index is 0. The lowest BCUT2D eigenvalue weighted by Gasteiger charge is -2.21. The molecule has 0 amide bonds. The first kappa shape index (κ1) is 19.5. The van der Waals surface area contributed by atoms with E-state index in [0.29, 0.717) is 12.5 Å². The summed E-state index contributed by atoms with van der Waals surface area (Å²) in [5.41, 5.74) is 5.89. The van der Waals surface area contributed by atoms with Crippen LogP contribution in [0.2, 0.25) is 0 Å². The highest BCUT2D eigenvalue weighted by atomic mass is 35.5. The summed E-state index contributed by atoms with van der Waals surface area (Å²) in [6, 6.07) is 0.0730. The maximum Gasteiger partial charge on any atom is 0.213 e.